The number of amides is 1. The summed E-state index contributed by atoms with van der Waals surface area (Å²) in [5, 5.41) is 2.74. The van der Waals surface area contributed by atoms with Gasteiger partial charge in [0.2, 0.25) is 0 Å². The van der Waals surface area contributed by atoms with Crippen LogP contribution in [0, 0.1) is 18.6 Å². The van der Waals surface area contributed by atoms with E-state index in [-0.39, 0.29) is 15.7 Å². The summed E-state index contributed by atoms with van der Waals surface area (Å²) in [5.74, 6) is -1.96. The topological polar surface area (TPSA) is 29.1 Å². The lowest BCUT2D eigenvalue weighted by atomic mass is 10.1. The molecule has 0 saturated heterocycles. The van der Waals surface area contributed by atoms with Crippen molar-refractivity contribution in [3.05, 3.63) is 62.6 Å². The average Bonchev–Trinajstić information content (AvgIpc) is 2.39. The van der Waals surface area contributed by atoms with Crippen LogP contribution in [-0.2, 0) is 0 Å². The highest BCUT2D eigenvalue weighted by Gasteiger charge is 2.13. The van der Waals surface area contributed by atoms with Crippen LogP contribution in [0.1, 0.15) is 15.9 Å². The Labute approximate surface area is 127 Å². The van der Waals surface area contributed by atoms with Gasteiger partial charge in [0.15, 0.2) is 0 Å². The molecular weight excluding hydrogens is 352 g/mol. The molecular formula is C14H9BrClF2NO. The third-order valence-electron chi connectivity index (χ3n) is 2.69. The van der Waals surface area contributed by atoms with E-state index in [0.717, 1.165) is 17.7 Å². The standard InChI is InChI=1S/C14H9BrClF2NO/c1-7-2-3-8(4-10(7)16)14(20)19-13-6-11(17)9(15)5-12(13)18/h2-6H,1H3,(H,19,20). The first-order valence-corrected chi connectivity index (χ1v) is 6.77. The van der Waals surface area contributed by atoms with Crippen LogP contribution in [0.5, 0.6) is 0 Å². The van der Waals surface area contributed by atoms with Crippen molar-refractivity contribution < 1.29 is 13.6 Å². The van der Waals surface area contributed by atoms with Gasteiger partial charge in [0.1, 0.15) is 11.6 Å². The van der Waals surface area contributed by atoms with Crippen molar-refractivity contribution in [1.82, 2.24) is 0 Å². The number of nitrogens with one attached hydrogen (secondary N) is 1. The van der Waals surface area contributed by atoms with Crippen LogP contribution in [0.25, 0.3) is 0 Å². The molecule has 0 bridgehead atoms. The molecule has 0 aromatic heterocycles. The molecule has 2 nitrogen and oxygen atoms in total. The molecule has 0 aliphatic heterocycles. The second-order valence-electron chi connectivity index (χ2n) is 4.16. The maximum Gasteiger partial charge on any atom is 0.255 e. The lowest BCUT2D eigenvalue weighted by Crippen LogP contribution is -2.13. The first-order valence-electron chi connectivity index (χ1n) is 5.60. The van der Waals surface area contributed by atoms with Crippen molar-refractivity contribution in [2.24, 2.45) is 0 Å². The van der Waals surface area contributed by atoms with Gasteiger partial charge in [-0.1, -0.05) is 17.7 Å². The van der Waals surface area contributed by atoms with Gasteiger partial charge in [0.05, 0.1) is 10.2 Å². The van der Waals surface area contributed by atoms with Gasteiger partial charge in [0, 0.05) is 16.7 Å². The molecule has 0 heterocycles. The van der Waals surface area contributed by atoms with Gasteiger partial charge < -0.3 is 5.32 Å². The maximum absolute atomic E-state index is 13.6. The number of hydrogen-bond donors (Lipinski definition) is 1. The fourth-order valence-electron chi connectivity index (χ4n) is 1.55. The summed E-state index contributed by atoms with van der Waals surface area (Å²) in [6, 6.07) is 6.57. The van der Waals surface area contributed by atoms with Gasteiger partial charge in [-0.2, -0.15) is 0 Å². The largest absolute Gasteiger partial charge is 0.319 e. The van der Waals surface area contributed by atoms with Crippen molar-refractivity contribution >= 4 is 39.1 Å². The SMILES string of the molecule is Cc1ccc(C(=O)Nc2cc(F)c(Br)cc2F)cc1Cl. The monoisotopic (exact) mass is 359 g/mol. The summed E-state index contributed by atoms with van der Waals surface area (Å²) in [5.41, 5.74) is 0.861. The number of anilines is 1. The summed E-state index contributed by atoms with van der Waals surface area (Å²) in [7, 11) is 0. The second kappa shape index (κ2) is 5.89. The van der Waals surface area contributed by atoms with Crippen LogP contribution >= 0.6 is 27.5 Å². The van der Waals surface area contributed by atoms with E-state index in [1.807, 2.05) is 0 Å². The molecule has 104 valence electrons. The predicted molar refractivity (Wildman–Crippen MR) is 78.2 cm³/mol. The Morgan fingerprint density at radius 1 is 1.20 bits per heavy atom. The minimum absolute atomic E-state index is 0.00798. The van der Waals surface area contributed by atoms with Crippen LogP contribution in [0.2, 0.25) is 5.02 Å². The van der Waals surface area contributed by atoms with Gasteiger partial charge in [-0.3, -0.25) is 4.79 Å². The quantitative estimate of drug-likeness (QED) is 0.755. The highest BCUT2D eigenvalue weighted by molar-refractivity contribution is 9.10. The highest BCUT2D eigenvalue weighted by Crippen LogP contribution is 2.24. The molecule has 0 saturated carbocycles. The van der Waals surface area contributed by atoms with E-state index in [4.69, 9.17) is 11.6 Å². The molecule has 0 aliphatic carbocycles. The number of benzene rings is 2. The summed E-state index contributed by atoms with van der Waals surface area (Å²) in [6.45, 7) is 1.80. The summed E-state index contributed by atoms with van der Waals surface area (Å²) in [4.78, 5) is 12.0. The molecule has 1 amide bonds. The molecule has 1 N–H and O–H groups in total. The number of carbonyl (C=O) groups excluding carboxylic acids is 1. The molecule has 0 spiro atoms. The molecule has 0 fully saturated rings. The fourth-order valence-corrected chi connectivity index (χ4v) is 2.04. The maximum atomic E-state index is 13.6. The zero-order chi connectivity index (χ0) is 14.9. The van der Waals surface area contributed by atoms with Gasteiger partial charge in [-0.05, 0) is 46.6 Å². The van der Waals surface area contributed by atoms with Crippen molar-refractivity contribution in [1.29, 1.82) is 0 Å². The molecule has 0 radical (unpaired) electrons. The molecule has 2 rings (SSSR count). The zero-order valence-electron chi connectivity index (χ0n) is 10.3. The smallest absolute Gasteiger partial charge is 0.255 e. The summed E-state index contributed by atoms with van der Waals surface area (Å²) < 4.78 is 26.9. The number of hydrogen-bond acceptors (Lipinski definition) is 1. The molecule has 2 aromatic carbocycles. The van der Waals surface area contributed by atoms with Gasteiger partial charge in [-0.25, -0.2) is 8.78 Å². The van der Waals surface area contributed by atoms with E-state index >= 15 is 0 Å². The van der Waals surface area contributed by atoms with Crippen molar-refractivity contribution in [2.45, 2.75) is 6.92 Å². The number of aryl methyl sites for hydroxylation is 1. The van der Waals surface area contributed by atoms with E-state index < -0.39 is 17.5 Å². The lowest BCUT2D eigenvalue weighted by molar-refractivity contribution is 0.102. The van der Waals surface area contributed by atoms with Crippen molar-refractivity contribution in [3.63, 3.8) is 0 Å². The second-order valence-corrected chi connectivity index (χ2v) is 5.43. The molecule has 0 aliphatic rings. The number of carbonyl (C=O) groups is 1. The van der Waals surface area contributed by atoms with Crippen molar-refractivity contribution in [3.8, 4) is 0 Å². The van der Waals surface area contributed by atoms with Crippen LogP contribution < -0.4 is 5.32 Å². The van der Waals surface area contributed by atoms with Gasteiger partial charge >= 0.3 is 0 Å². The van der Waals surface area contributed by atoms with E-state index in [1.54, 1.807) is 19.1 Å². The normalized spacial score (nSPS) is 10.4. The Kier molecular flexibility index (Phi) is 4.40. The minimum atomic E-state index is -0.732. The molecule has 6 heteroatoms. The van der Waals surface area contributed by atoms with E-state index in [2.05, 4.69) is 21.2 Å². The Hall–Kier alpha value is -1.46. The average molecular weight is 361 g/mol. The van der Waals surface area contributed by atoms with Crippen LogP contribution in [0.15, 0.2) is 34.8 Å². The number of rotatable bonds is 2. The third kappa shape index (κ3) is 3.16. The Morgan fingerprint density at radius 3 is 2.55 bits per heavy atom. The van der Waals surface area contributed by atoms with E-state index in [9.17, 15) is 13.6 Å². The number of halogens is 4. The van der Waals surface area contributed by atoms with Crippen LogP contribution in [0.3, 0.4) is 0 Å². The first kappa shape index (κ1) is 14.9. The van der Waals surface area contributed by atoms with Crippen molar-refractivity contribution in [2.75, 3.05) is 5.32 Å². The molecule has 0 atom stereocenters. The first-order chi connectivity index (χ1) is 9.38. The van der Waals surface area contributed by atoms with Crippen LogP contribution in [-0.4, -0.2) is 5.91 Å². The fraction of sp³-hybridized carbons (Fsp3) is 0.0714. The molecule has 2 aromatic rings. The Balaban J connectivity index is 2.27. The Bertz CT molecular complexity index is 691. The highest BCUT2D eigenvalue weighted by atomic mass is 79.9. The third-order valence-corrected chi connectivity index (χ3v) is 3.71. The van der Waals surface area contributed by atoms with Crippen LogP contribution in [0.4, 0.5) is 14.5 Å². The van der Waals surface area contributed by atoms with Gasteiger partial charge in [-0.15, -0.1) is 0 Å². The zero-order valence-corrected chi connectivity index (χ0v) is 12.6. The van der Waals surface area contributed by atoms with E-state index in [0.29, 0.717) is 5.02 Å². The Morgan fingerprint density at radius 2 is 1.90 bits per heavy atom. The summed E-state index contributed by atoms with van der Waals surface area (Å²) in [6.07, 6.45) is 0. The summed E-state index contributed by atoms with van der Waals surface area (Å²) >= 11 is 8.78. The van der Waals surface area contributed by atoms with Gasteiger partial charge in [0.25, 0.3) is 5.91 Å². The molecule has 20 heavy (non-hydrogen) atoms. The predicted octanol–water partition coefficient (Wildman–Crippen LogP) is 4.94. The lowest BCUT2D eigenvalue weighted by Gasteiger charge is -2.08. The molecule has 0 unspecified atom stereocenters. The minimum Gasteiger partial charge on any atom is -0.319 e. The van der Waals surface area contributed by atoms with E-state index in [1.165, 1.54) is 6.07 Å².